The predicted octanol–water partition coefficient (Wildman–Crippen LogP) is -16.3. The van der Waals surface area contributed by atoms with Crippen molar-refractivity contribution in [1.29, 1.82) is 0 Å². The molecule has 0 spiro atoms. The zero-order valence-corrected chi connectivity index (χ0v) is 40.8. The van der Waals surface area contributed by atoms with Crippen molar-refractivity contribution < 1.29 is 179 Å². The van der Waals surface area contributed by atoms with Gasteiger partial charge >= 0.3 is 0 Å². The minimum Gasteiger partial charge on any atom is -0.394 e. The summed E-state index contributed by atoms with van der Waals surface area (Å²) in [4.78, 5) is 0. The average molecular weight is 1150 g/mol. The Labute approximate surface area is 439 Å². The maximum Gasteiger partial charge on any atom is 0.187 e. The molecule has 0 aromatic heterocycles. The topological polar surface area (TPSA) is 585 Å². The van der Waals surface area contributed by atoms with Crippen LogP contribution < -0.4 is 0 Å². The molecule has 0 amide bonds. The van der Waals surface area contributed by atoms with Gasteiger partial charge in [0.25, 0.3) is 0 Å². The molecule has 78 heavy (non-hydrogen) atoms. The number of ether oxygens (including phenoxy) is 13. The van der Waals surface area contributed by atoms with Gasteiger partial charge in [0, 0.05) is 0 Å². The highest BCUT2D eigenvalue weighted by molar-refractivity contribution is 5.01. The normalized spacial score (nSPS) is 53.5. The van der Waals surface area contributed by atoms with Gasteiger partial charge in [0.1, 0.15) is 171 Å². The van der Waals surface area contributed by atoms with Gasteiger partial charge < -0.3 is 179 Å². The second-order valence-corrected chi connectivity index (χ2v) is 19.6. The lowest BCUT2D eigenvalue weighted by Gasteiger charge is -2.50. The molecule has 7 aliphatic rings. The van der Waals surface area contributed by atoms with Crippen molar-refractivity contribution in [3.63, 3.8) is 0 Å². The third-order valence-electron chi connectivity index (χ3n) is 14.5. The van der Waals surface area contributed by atoms with Crippen LogP contribution in [-0.4, -0.2) is 379 Å². The van der Waals surface area contributed by atoms with Crippen molar-refractivity contribution in [3.05, 3.63) is 0 Å². The third-order valence-corrected chi connectivity index (χ3v) is 14.5. The lowest BCUT2D eigenvalue weighted by molar-refractivity contribution is -0.398. The Hall–Kier alpha value is -1.44. The first-order valence-corrected chi connectivity index (χ1v) is 24.7. The Morgan fingerprint density at radius 3 is 0.590 bits per heavy atom. The molecule has 0 aromatic rings. The fourth-order valence-corrected chi connectivity index (χ4v) is 10.0. The van der Waals surface area contributed by atoms with E-state index in [0.717, 1.165) is 0 Å². The molecule has 23 N–H and O–H groups in total. The van der Waals surface area contributed by atoms with E-state index in [2.05, 4.69) is 0 Å². The first-order valence-electron chi connectivity index (χ1n) is 24.7. The van der Waals surface area contributed by atoms with E-state index >= 15 is 0 Å². The summed E-state index contributed by atoms with van der Waals surface area (Å²) in [6.07, 6.45) is -67.4. The van der Waals surface area contributed by atoms with Crippen LogP contribution in [0.4, 0.5) is 0 Å². The monoisotopic (exact) mass is 1150 g/mol. The van der Waals surface area contributed by atoms with Crippen LogP contribution in [0.25, 0.3) is 0 Å². The van der Waals surface area contributed by atoms with Crippen molar-refractivity contribution in [2.45, 2.75) is 215 Å². The largest absolute Gasteiger partial charge is 0.394 e. The molecule has 0 saturated carbocycles. The Morgan fingerprint density at radius 2 is 0.372 bits per heavy atom. The second-order valence-electron chi connectivity index (χ2n) is 19.6. The maximum absolute atomic E-state index is 11.3. The lowest BCUT2D eigenvalue weighted by Crippen LogP contribution is -2.68. The SMILES string of the molecule is OC[C@H]1O[C@@H](O[C@H]2[C@H](O)[C@@H](O)[C@H](O[C@H]3[C@H](O)[C@@H](O)[C@H](O[C@H]4[C@H](O)[C@@H](O)[C@H](O[C@H]5[C@H](O)[C@@H](O)[C@H](O[C@H]6[C@H](O)[C@@H](O)[C@H](O[C@H]7[C@H](O)[C@@H](O)C(O)O[C@@H]7CO)O[C@@H]6CO)O[C@@H]5CO)O[C@@H]4CO)O[C@@H]3CO)O[C@@H]2CO)[C@H](O)[C@@H](O)[C@@H]1O. The molecule has 7 fully saturated rings. The first-order chi connectivity index (χ1) is 37.0. The van der Waals surface area contributed by atoms with E-state index in [0.29, 0.717) is 0 Å². The van der Waals surface area contributed by atoms with Crippen molar-refractivity contribution in [2.24, 2.45) is 0 Å². The molecule has 1 unspecified atom stereocenters. The van der Waals surface area contributed by atoms with Gasteiger partial charge in [-0.1, -0.05) is 0 Å². The van der Waals surface area contributed by atoms with Gasteiger partial charge in [-0.3, -0.25) is 0 Å². The van der Waals surface area contributed by atoms with Gasteiger partial charge in [-0.05, 0) is 0 Å². The van der Waals surface area contributed by atoms with E-state index in [9.17, 15) is 117 Å². The van der Waals surface area contributed by atoms with Crippen LogP contribution >= 0.6 is 0 Å². The minimum absolute atomic E-state index is 0.843. The van der Waals surface area contributed by atoms with Crippen LogP contribution in [0.1, 0.15) is 0 Å². The van der Waals surface area contributed by atoms with Gasteiger partial charge in [0.15, 0.2) is 44.0 Å². The van der Waals surface area contributed by atoms with E-state index in [-0.39, 0.29) is 0 Å². The first kappa shape index (κ1) is 64.1. The van der Waals surface area contributed by atoms with Crippen LogP contribution in [0, 0.1) is 0 Å². The Bertz CT molecular complexity index is 1810. The summed E-state index contributed by atoms with van der Waals surface area (Å²) < 4.78 is 71.9. The van der Waals surface area contributed by atoms with Gasteiger partial charge in [0.2, 0.25) is 0 Å². The summed E-state index contributed by atoms with van der Waals surface area (Å²) >= 11 is 0. The Kier molecular flexibility index (Phi) is 22.6. The Balaban J connectivity index is 0.947. The summed E-state index contributed by atoms with van der Waals surface area (Å²) in [6, 6.07) is 0. The van der Waals surface area contributed by atoms with Crippen LogP contribution in [0.5, 0.6) is 0 Å². The van der Waals surface area contributed by atoms with Crippen molar-refractivity contribution >= 4 is 0 Å². The van der Waals surface area contributed by atoms with Crippen molar-refractivity contribution in [3.8, 4) is 0 Å². The van der Waals surface area contributed by atoms with Gasteiger partial charge in [-0.2, -0.15) is 0 Å². The molecule has 7 aliphatic heterocycles. The zero-order chi connectivity index (χ0) is 57.3. The van der Waals surface area contributed by atoms with Crippen LogP contribution in [0.15, 0.2) is 0 Å². The highest BCUT2D eigenvalue weighted by Gasteiger charge is 2.58. The van der Waals surface area contributed by atoms with Crippen LogP contribution in [0.3, 0.4) is 0 Å². The summed E-state index contributed by atoms with van der Waals surface area (Å²) in [5.41, 5.74) is 0. The summed E-state index contributed by atoms with van der Waals surface area (Å²) in [6.45, 7) is -6.86. The van der Waals surface area contributed by atoms with Crippen LogP contribution in [0.2, 0.25) is 0 Å². The fourth-order valence-electron chi connectivity index (χ4n) is 10.0. The molecule has 0 bridgehead atoms. The standard InChI is InChI=1S/C42H72O36/c43-1-8-15(50)16(51)24(59)37(67-8)74-31-10(3-45)69-39(26(61)18(31)53)76-33-12(5-47)71-41(28(63)20(33)55)78-35-14(7-49)72-42(29(64)22(35)57)77-34-13(6-48)70-40(27(62)21(34)56)75-32-11(4-46)68-38(25(60)19(32)54)73-30-9(2-44)66-36(65)23(58)17(30)52/h8-65H,1-7H2/t8-,9-,10-,11-,12-,13-,14-,15-,16+,17-,18-,19-,20-,21-,22-,23-,24-,25-,26-,27-,28-,29-,30-,31-,32-,33-,34-,35-,36?,37+,38+,39+,40+,41+,42+/m1/s1. The smallest absolute Gasteiger partial charge is 0.187 e. The van der Waals surface area contributed by atoms with E-state index in [1.807, 2.05) is 0 Å². The molecule has 0 aliphatic carbocycles. The molecule has 456 valence electrons. The number of hydrogen-bond donors (Lipinski definition) is 23. The quantitative estimate of drug-likeness (QED) is 0.0571. The lowest BCUT2D eigenvalue weighted by atomic mass is 9.95. The number of rotatable bonds is 19. The summed E-state index contributed by atoms with van der Waals surface area (Å²) in [5, 5.41) is 243. The van der Waals surface area contributed by atoms with E-state index in [1.54, 1.807) is 0 Å². The van der Waals surface area contributed by atoms with Gasteiger partial charge in [-0.15, -0.1) is 0 Å². The molecular weight excluding hydrogens is 1080 g/mol. The number of aliphatic hydroxyl groups is 23. The summed E-state index contributed by atoms with van der Waals surface area (Å²) in [7, 11) is 0. The fraction of sp³-hybridized carbons (Fsp3) is 1.00. The highest BCUT2D eigenvalue weighted by Crippen LogP contribution is 2.37. The van der Waals surface area contributed by atoms with Gasteiger partial charge in [-0.25, -0.2) is 0 Å². The Morgan fingerprint density at radius 1 is 0.192 bits per heavy atom. The van der Waals surface area contributed by atoms with Crippen molar-refractivity contribution in [2.75, 3.05) is 46.2 Å². The van der Waals surface area contributed by atoms with E-state index < -0.39 is 261 Å². The molecule has 7 heterocycles. The molecular formula is C42H72O36. The zero-order valence-electron chi connectivity index (χ0n) is 40.8. The molecule has 7 saturated heterocycles. The molecule has 36 nitrogen and oxygen atoms in total. The van der Waals surface area contributed by atoms with E-state index in [4.69, 9.17) is 61.6 Å². The second kappa shape index (κ2) is 27.5. The van der Waals surface area contributed by atoms with Crippen molar-refractivity contribution in [1.82, 2.24) is 0 Å². The molecule has 36 heteroatoms. The third kappa shape index (κ3) is 12.9. The average Bonchev–Trinajstić information content (AvgIpc) is 3.44. The molecule has 35 atom stereocenters. The van der Waals surface area contributed by atoms with Gasteiger partial charge in [0.05, 0.1) is 46.2 Å². The maximum atomic E-state index is 11.3. The molecule has 0 radical (unpaired) electrons. The summed E-state index contributed by atoms with van der Waals surface area (Å²) in [5.74, 6) is 0. The molecule has 7 rings (SSSR count). The minimum atomic E-state index is -2.23. The van der Waals surface area contributed by atoms with Crippen LogP contribution in [-0.2, 0) is 61.6 Å². The highest BCUT2D eigenvalue weighted by atomic mass is 16.8. The molecule has 0 aromatic carbocycles. The number of aliphatic hydroxyl groups excluding tert-OH is 23. The predicted molar refractivity (Wildman–Crippen MR) is 232 cm³/mol. The van der Waals surface area contributed by atoms with E-state index in [1.165, 1.54) is 0 Å². The number of hydrogen-bond acceptors (Lipinski definition) is 36.